The van der Waals surface area contributed by atoms with Crippen LogP contribution in [0, 0.1) is 68.0 Å². The van der Waals surface area contributed by atoms with Crippen LogP contribution < -0.4 is 10.1 Å². The van der Waals surface area contributed by atoms with Crippen LogP contribution in [0.3, 0.4) is 0 Å². The average Bonchev–Trinajstić information content (AvgIpc) is 3.63. The topological polar surface area (TPSA) is 139 Å². The maximum absolute atomic E-state index is 13.6. The van der Waals surface area contributed by atoms with Crippen molar-refractivity contribution in [3.05, 3.63) is 59.3 Å². The zero-order valence-corrected chi connectivity index (χ0v) is 41.3. The Labute approximate surface area is 385 Å². The first-order valence-corrected chi connectivity index (χ1v) is 26.9. The number of rotatable bonds is 12. The predicted molar refractivity (Wildman–Crippen MR) is 253 cm³/mol. The smallest absolute Gasteiger partial charge is 0.315 e. The molecule has 0 unspecified atom stereocenters. The molecule has 10 heteroatoms. The number of aromatic nitrogens is 1. The lowest BCUT2D eigenvalue weighted by Gasteiger charge is -2.72. The van der Waals surface area contributed by atoms with Crippen molar-refractivity contribution in [2.24, 2.45) is 56.7 Å². The molecule has 7 aliphatic carbocycles. The lowest BCUT2D eigenvalue weighted by molar-refractivity contribution is -0.221. The molecule has 5 saturated carbocycles. The quantitative estimate of drug-likeness (QED) is 0.155. The molecule has 8 rings (SSSR count). The number of fused-ring (bicyclic) bond motifs is 7. The van der Waals surface area contributed by atoms with Crippen molar-refractivity contribution in [2.45, 2.75) is 174 Å². The third-order valence-electron chi connectivity index (χ3n) is 20.2. The zero-order valence-electron chi connectivity index (χ0n) is 40.5. The van der Waals surface area contributed by atoms with Crippen molar-refractivity contribution >= 4 is 15.8 Å². The van der Waals surface area contributed by atoms with Gasteiger partial charge in [-0.25, -0.2) is 13.4 Å². The Bertz CT molecular complexity index is 2200. The summed E-state index contributed by atoms with van der Waals surface area (Å²) in [6.07, 6.45) is 23.5. The minimum atomic E-state index is -3.08. The molecular weight excluding hydrogens is 819 g/mol. The van der Waals surface area contributed by atoms with Crippen LogP contribution in [0.1, 0.15) is 163 Å². The van der Waals surface area contributed by atoms with Gasteiger partial charge in [0.1, 0.15) is 33.5 Å². The second kappa shape index (κ2) is 17.0. The van der Waals surface area contributed by atoms with E-state index < -0.39 is 20.9 Å². The highest BCUT2D eigenvalue weighted by molar-refractivity contribution is 7.91. The first-order valence-electron chi connectivity index (χ1n) is 25.0. The van der Waals surface area contributed by atoms with E-state index in [2.05, 4.69) is 76.6 Å². The van der Waals surface area contributed by atoms with E-state index in [0.717, 1.165) is 32.2 Å². The number of sulfone groups is 1. The molecule has 9 nitrogen and oxygen atoms in total. The summed E-state index contributed by atoms with van der Waals surface area (Å²) in [7, 11) is -3.08. The summed E-state index contributed by atoms with van der Waals surface area (Å²) in [5.41, 5.74) is 3.51. The van der Waals surface area contributed by atoms with Crippen LogP contribution in [0.4, 0.5) is 0 Å². The van der Waals surface area contributed by atoms with Gasteiger partial charge in [0.2, 0.25) is 5.88 Å². The Balaban J connectivity index is 1.00. The van der Waals surface area contributed by atoms with Gasteiger partial charge in [-0.1, -0.05) is 58.9 Å². The van der Waals surface area contributed by atoms with Crippen LogP contribution in [0.15, 0.2) is 53.8 Å². The summed E-state index contributed by atoms with van der Waals surface area (Å²) in [6, 6.07) is 5.56. The zero-order chi connectivity index (χ0) is 46.1. The SMILES string of the molecule is C=C(C)[C@@H]1CC[C@]2(NCC[C@]3(O)CC[C@@H](S(C)(=O)=O)CC3)CC[C@]3(C)[C@H](CC[C@@H]4[C@@]5(C)CC=C(C6=CC[C@@](COc7ncccc7C#N)(C(=O)OCC)CC6)C(C)(C)[C@@H]5CC[C@]43C)[C@@H]12. The van der Waals surface area contributed by atoms with Gasteiger partial charge in [0, 0.05) is 18.0 Å². The fourth-order valence-corrected chi connectivity index (χ4v) is 17.6. The van der Waals surface area contributed by atoms with Gasteiger partial charge in [-0.2, -0.15) is 5.26 Å². The lowest BCUT2D eigenvalue weighted by atomic mass is 9.33. The summed E-state index contributed by atoms with van der Waals surface area (Å²) in [4.78, 5) is 17.9. The van der Waals surface area contributed by atoms with Crippen molar-refractivity contribution < 1.29 is 27.8 Å². The Morgan fingerprint density at radius 1 is 0.953 bits per heavy atom. The van der Waals surface area contributed by atoms with Crippen LogP contribution >= 0.6 is 0 Å². The summed E-state index contributed by atoms with van der Waals surface area (Å²) >= 11 is 0. The first kappa shape index (κ1) is 47.5. The summed E-state index contributed by atoms with van der Waals surface area (Å²) in [6.45, 7) is 23.0. The minimum absolute atomic E-state index is 0.0236. The number of carbonyl (C=O) groups excluding carboxylic acids is 1. The maximum atomic E-state index is 13.6. The number of carbonyl (C=O) groups is 1. The average molecular weight is 898 g/mol. The number of aliphatic hydroxyl groups is 1. The molecule has 0 saturated heterocycles. The highest BCUT2D eigenvalue weighted by atomic mass is 32.2. The first-order chi connectivity index (χ1) is 30.1. The van der Waals surface area contributed by atoms with Gasteiger partial charge in [0.15, 0.2) is 0 Å². The Kier molecular flexibility index (Phi) is 12.6. The molecule has 0 radical (unpaired) electrons. The largest absolute Gasteiger partial charge is 0.475 e. The van der Waals surface area contributed by atoms with Crippen LogP contribution in [0.2, 0.25) is 0 Å². The van der Waals surface area contributed by atoms with Crippen LogP contribution in [0.25, 0.3) is 0 Å². The van der Waals surface area contributed by atoms with Crippen LogP contribution in [-0.4, -0.2) is 66.9 Å². The molecule has 1 aromatic rings. The number of nitrogens with one attached hydrogen (secondary N) is 1. The molecule has 64 heavy (non-hydrogen) atoms. The van der Waals surface area contributed by atoms with Crippen molar-refractivity contribution in [3.8, 4) is 11.9 Å². The lowest BCUT2D eigenvalue weighted by Crippen LogP contribution is -2.68. The van der Waals surface area contributed by atoms with Gasteiger partial charge in [0.25, 0.3) is 0 Å². The molecule has 1 aromatic heterocycles. The number of nitrogens with zero attached hydrogens (tertiary/aromatic N) is 2. The fraction of sp³-hybridized carbons (Fsp3) is 0.759. The van der Waals surface area contributed by atoms with Gasteiger partial charge < -0.3 is 19.9 Å². The molecule has 2 N–H and O–H groups in total. The van der Waals surface area contributed by atoms with Gasteiger partial charge in [0.05, 0.1) is 17.5 Å². The van der Waals surface area contributed by atoms with Crippen molar-refractivity contribution in [2.75, 3.05) is 26.0 Å². The van der Waals surface area contributed by atoms with E-state index in [1.807, 2.05) is 6.92 Å². The number of esters is 1. The number of hydrogen-bond acceptors (Lipinski definition) is 9. The number of allylic oxidation sites excluding steroid dienone is 5. The summed E-state index contributed by atoms with van der Waals surface area (Å²) < 4.78 is 36.3. The number of pyridine rings is 1. The molecule has 0 aromatic carbocycles. The van der Waals surface area contributed by atoms with E-state index in [0.29, 0.717) is 86.7 Å². The van der Waals surface area contributed by atoms with Crippen molar-refractivity contribution in [1.29, 1.82) is 5.26 Å². The van der Waals surface area contributed by atoms with E-state index in [1.54, 1.807) is 18.3 Å². The standard InChI is InChI=1S/C54H79N3O6S/c1-10-62-47(58)52(35-63-46-38(34-55)12-11-32-56-46)24-15-37(16-25-52)41-20-22-49(6)43(48(41,4)5)21-23-51(8)44(49)14-13-42-45-40(36(2)3)19-28-54(45,30-29-50(42,51)7)57-33-31-53(59)26-17-39(18-27-53)64(9,60)61/h11-12,15,20,32,39-40,42-45,57,59H,2,10,13-14,16-19,21-31,33,35H2,1,3-9H3/t39-,40-,42+,43-,44+,45+,49-,50+,51+,52+,53+,54-/m0/s1. The number of nitriles is 1. The van der Waals surface area contributed by atoms with Gasteiger partial charge in [-0.15, -0.1) is 0 Å². The van der Waals surface area contributed by atoms with E-state index in [9.17, 15) is 23.6 Å². The van der Waals surface area contributed by atoms with Crippen molar-refractivity contribution in [3.63, 3.8) is 0 Å². The Morgan fingerprint density at radius 2 is 1.70 bits per heavy atom. The molecule has 0 amide bonds. The molecule has 0 spiro atoms. The maximum Gasteiger partial charge on any atom is 0.315 e. The molecular formula is C54H79N3O6S. The normalized spacial score (nSPS) is 41.4. The fourth-order valence-electron chi connectivity index (χ4n) is 16.6. The monoisotopic (exact) mass is 898 g/mol. The molecule has 7 aliphatic rings. The molecule has 0 bridgehead atoms. The van der Waals surface area contributed by atoms with E-state index in [4.69, 9.17) is 9.47 Å². The van der Waals surface area contributed by atoms with Crippen LogP contribution in [-0.2, 0) is 19.4 Å². The molecule has 0 aliphatic heterocycles. The summed E-state index contributed by atoms with van der Waals surface area (Å²) in [5.74, 6) is 2.82. The molecule has 5 fully saturated rings. The molecule has 10 atom stereocenters. The van der Waals surface area contributed by atoms with Gasteiger partial charge in [-0.05, 0) is 204 Å². The van der Waals surface area contributed by atoms with Crippen LogP contribution in [0.5, 0.6) is 5.88 Å². The number of ether oxygens (including phenoxy) is 2. The van der Waals surface area contributed by atoms with E-state index >= 15 is 0 Å². The van der Waals surface area contributed by atoms with Gasteiger partial charge >= 0.3 is 5.97 Å². The second-order valence-corrected chi connectivity index (χ2v) is 25.8. The molecule has 352 valence electrons. The highest BCUT2D eigenvalue weighted by Crippen LogP contribution is 2.76. The van der Waals surface area contributed by atoms with E-state index in [-0.39, 0.29) is 50.9 Å². The Hall–Kier alpha value is -3.00. The highest BCUT2D eigenvalue weighted by Gasteiger charge is 2.70. The second-order valence-electron chi connectivity index (χ2n) is 23.5. The van der Waals surface area contributed by atoms with Gasteiger partial charge in [-0.3, -0.25) is 4.79 Å². The Morgan fingerprint density at radius 3 is 2.36 bits per heavy atom. The summed E-state index contributed by atoms with van der Waals surface area (Å²) in [5, 5.41) is 25.1. The van der Waals surface area contributed by atoms with E-state index in [1.165, 1.54) is 61.5 Å². The van der Waals surface area contributed by atoms with Crippen molar-refractivity contribution in [1.82, 2.24) is 10.3 Å². The molecule has 1 heterocycles. The number of hydrogen-bond donors (Lipinski definition) is 2. The third-order valence-corrected chi connectivity index (χ3v) is 21.9. The minimum Gasteiger partial charge on any atom is -0.475 e. The third kappa shape index (κ3) is 7.75. The predicted octanol–water partition coefficient (Wildman–Crippen LogP) is 10.6.